The SMILES string of the molecule is C=CCN([C]=S)C(N)=S. The molecule has 0 amide bonds. The topological polar surface area (TPSA) is 29.3 Å². The summed E-state index contributed by atoms with van der Waals surface area (Å²) in [6, 6.07) is 0. The Morgan fingerprint density at radius 3 is 2.56 bits per heavy atom. The monoisotopic (exact) mass is 159 g/mol. The van der Waals surface area contributed by atoms with Gasteiger partial charge in [0.05, 0.1) is 0 Å². The van der Waals surface area contributed by atoms with Crippen LogP contribution >= 0.6 is 24.4 Å². The van der Waals surface area contributed by atoms with E-state index in [0.29, 0.717) is 6.54 Å². The average Bonchev–Trinajstić information content (AvgIpc) is 1.82. The Morgan fingerprint density at radius 1 is 1.89 bits per heavy atom. The molecule has 0 aromatic heterocycles. The Hall–Kier alpha value is -0.480. The molecule has 0 saturated carbocycles. The summed E-state index contributed by atoms with van der Waals surface area (Å²) in [5.74, 6) is 0. The van der Waals surface area contributed by atoms with Crippen molar-refractivity contribution in [3.05, 3.63) is 12.7 Å². The van der Waals surface area contributed by atoms with Crippen LogP contribution in [0.15, 0.2) is 12.7 Å². The zero-order valence-corrected chi connectivity index (χ0v) is 6.47. The van der Waals surface area contributed by atoms with E-state index in [0.717, 1.165) is 0 Å². The molecular formula is C5H7N2S2. The van der Waals surface area contributed by atoms with Crippen molar-refractivity contribution in [3.8, 4) is 0 Å². The van der Waals surface area contributed by atoms with Crippen LogP contribution in [0, 0.1) is 0 Å². The van der Waals surface area contributed by atoms with Crippen LogP contribution in [-0.2, 0) is 0 Å². The molecule has 0 fully saturated rings. The highest BCUT2D eigenvalue weighted by atomic mass is 32.1. The fourth-order valence-corrected chi connectivity index (χ4v) is 0.652. The Bertz CT molecular complexity index is 133. The quantitative estimate of drug-likeness (QED) is 0.370. The Balaban J connectivity index is 3.81. The summed E-state index contributed by atoms with van der Waals surface area (Å²) >= 11 is 9.08. The third-order valence-corrected chi connectivity index (χ3v) is 1.13. The molecule has 0 heterocycles. The highest BCUT2D eigenvalue weighted by Gasteiger charge is 1.97. The van der Waals surface area contributed by atoms with Crippen LogP contribution in [0.5, 0.6) is 0 Å². The standard InChI is InChI=1S/C5H7N2S2/c1-2-3-7(4-8)5(6)9/h2H,1,3H2,(H2,6,9). The largest absolute Gasteiger partial charge is 0.376 e. The van der Waals surface area contributed by atoms with E-state index in [1.165, 1.54) is 4.90 Å². The molecular weight excluding hydrogens is 152 g/mol. The van der Waals surface area contributed by atoms with E-state index in [1.807, 2.05) is 0 Å². The van der Waals surface area contributed by atoms with Gasteiger partial charge < -0.3 is 10.6 Å². The molecule has 0 rings (SSSR count). The van der Waals surface area contributed by atoms with E-state index in [4.69, 9.17) is 5.73 Å². The molecule has 0 bridgehead atoms. The summed E-state index contributed by atoms with van der Waals surface area (Å²) in [5, 5.41) is 0.227. The smallest absolute Gasteiger partial charge is 0.171 e. The molecule has 49 valence electrons. The molecule has 0 aromatic rings. The van der Waals surface area contributed by atoms with Gasteiger partial charge in [0, 0.05) is 6.54 Å². The zero-order chi connectivity index (χ0) is 7.28. The van der Waals surface area contributed by atoms with Gasteiger partial charge in [-0.15, -0.1) is 6.58 Å². The molecule has 2 nitrogen and oxygen atoms in total. The van der Waals surface area contributed by atoms with Crippen molar-refractivity contribution in [2.45, 2.75) is 0 Å². The van der Waals surface area contributed by atoms with Crippen molar-refractivity contribution in [2.75, 3.05) is 6.54 Å². The maximum Gasteiger partial charge on any atom is 0.171 e. The van der Waals surface area contributed by atoms with Gasteiger partial charge in [-0.05, 0) is 12.2 Å². The maximum absolute atomic E-state index is 5.21. The minimum absolute atomic E-state index is 0.227. The van der Waals surface area contributed by atoms with Crippen molar-refractivity contribution in [3.63, 3.8) is 0 Å². The van der Waals surface area contributed by atoms with E-state index >= 15 is 0 Å². The van der Waals surface area contributed by atoms with Crippen molar-refractivity contribution >= 4 is 35.0 Å². The fourth-order valence-electron chi connectivity index (χ4n) is 0.301. The van der Waals surface area contributed by atoms with Crippen LogP contribution < -0.4 is 5.73 Å². The minimum atomic E-state index is 0.227. The summed E-state index contributed by atoms with van der Waals surface area (Å²) in [6.07, 6.45) is 1.65. The molecule has 0 aliphatic carbocycles. The lowest BCUT2D eigenvalue weighted by Gasteiger charge is -2.11. The molecule has 9 heavy (non-hydrogen) atoms. The molecule has 0 unspecified atom stereocenters. The highest BCUT2D eigenvalue weighted by molar-refractivity contribution is 7.81. The minimum Gasteiger partial charge on any atom is -0.376 e. The lowest BCUT2D eigenvalue weighted by Crippen LogP contribution is -2.33. The lowest BCUT2D eigenvalue weighted by molar-refractivity contribution is 0.718. The molecule has 0 aliphatic heterocycles. The van der Waals surface area contributed by atoms with Crippen molar-refractivity contribution in [1.29, 1.82) is 0 Å². The number of thiocarbonyl (C=S) groups is 2. The van der Waals surface area contributed by atoms with E-state index < -0.39 is 0 Å². The highest BCUT2D eigenvalue weighted by Crippen LogP contribution is 1.82. The molecule has 4 heteroatoms. The van der Waals surface area contributed by atoms with E-state index in [-0.39, 0.29) is 5.11 Å². The Labute approximate surface area is 65.3 Å². The van der Waals surface area contributed by atoms with Gasteiger partial charge in [-0.1, -0.05) is 18.3 Å². The van der Waals surface area contributed by atoms with Gasteiger partial charge in [-0.2, -0.15) is 0 Å². The predicted molar refractivity (Wildman–Crippen MR) is 46.3 cm³/mol. The van der Waals surface area contributed by atoms with Crippen molar-refractivity contribution in [2.24, 2.45) is 5.73 Å². The zero-order valence-electron chi connectivity index (χ0n) is 4.83. The lowest BCUT2D eigenvalue weighted by atomic mass is 10.6. The third-order valence-electron chi connectivity index (χ3n) is 0.688. The van der Waals surface area contributed by atoms with Crippen LogP contribution in [-0.4, -0.2) is 22.0 Å². The molecule has 0 aromatic carbocycles. The normalized spacial score (nSPS) is 8.00. The number of nitrogens with two attached hydrogens (primary N) is 1. The van der Waals surface area contributed by atoms with Gasteiger partial charge in [0.25, 0.3) is 0 Å². The van der Waals surface area contributed by atoms with Gasteiger partial charge in [0.1, 0.15) is 5.49 Å². The molecule has 0 saturated heterocycles. The number of hydrogen-bond donors (Lipinski definition) is 1. The van der Waals surface area contributed by atoms with E-state index in [2.05, 4.69) is 36.5 Å². The summed E-state index contributed by atoms with van der Waals surface area (Å²) in [5.41, 5.74) is 7.60. The number of rotatable bonds is 3. The summed E-state index contributed by atoms with van der Waals surface area (Å²) < 4.78 is 0. The van der Waals surface area contributed by atoms with Gasteiger partial charge in [-0.3, -0.25) is 0 Å². The predicted octanol–water partition coefficient (Wildman–Crippen LogP) is 0.552. The summed E-state index contributed by atoms with van der Waals surface area (Å²) in [4.78, 5) is 1.43. The van der Waals surface area contributed by atoms with Crippen LogP contribution in [0.3, 0.4) is 0 Å². The summed E-state index contributed by atoms with van der Waals surface area (Å²) in [6.45, 7) is 4.01. The van der Waals surface area contributed by atoms with E-state index in [1.54, 1.807) is 6.08 Å². The number of hydrogen-bond acceptors (Lipinski definition) is 2. The first-order chi connectivity index (χ1) is 4.22. The van der Waals surface area contributed by atoms with Crippen LogP contribution in [0.25, 0.3) is 0 Å². The Morgan fingerprint density at radius 2 is 2.44 bits per heavy atom. The summed E-state index contributed by atoms with van der Waals surface area (Å²) in [7, 11) is 0. The maximum atomic E-state index is 5.21. The molecule has 0 spiro atoms. The Kier molecular flexibility index (Phi) is 4.17. The van der Waals surface area contributed by atoms with Gasteiger partial charge in [-0.25, -0.2) is 0 Å². The van der Waals surface area contributed by atoms with Gasteiger partial charge in [0.15, 0.2) is 5.11 Å². The average molecular weight is 159 g/mol. The number of nitrogens with zero attached hydrogens (tertiary/aromatic N) is 1. The molecule has 0 atom stereocenters. The second-order valence-corrected chi connectivity index (χ2v) is 1.93. The first kappa shape index (κ1) is 8.52. The first-order valence-corrected chi connectivity index (χ1v) is 3.09. The third kappa shape index (κ3) is 3.16. The van der Waals surface area contributed by atoms with Crippen LogP contribution in [0.2, 0.25) is 0 Å². The van der Waals surface area contributed by atoms with E-state index in [9.17, 15) is 0 Å². The second-order valence-electron chi connectivity index (χ2n) is 1.33. The van der Waals surface area contributed by atoms with Crippen molar-refractivity contribution in [1.82, 2.24) is 4.90 Å². The first-order valence-electron chi connectivity index (χ1n) is 2.28. The van der Waals surface area contributed by atoms with Crippen molar-refractivity contribution < 1.29 is 0 Å². The molecule has 1 radical (unpaired) electrons. The van der Waals surface area contributed by atoms with Gasteiger partial charge in [0.2, 0.25) is 0 Å². The van der Waals surface area contributed by atoms with Crippen LogP contribution in [0.1, 0.15) is 0 Å². The second kappa shape index (κ2) is 4.40. The molecule has 0 aliphatic rings. The van der Waals surface area contributed by atoms with Gasteiger partial charge >= 0.3 is 0 Å². The molecule has 2 N–H and O–H groups in total. The van der Waals surface area contributed by atoms with Crippen LogP contribution in [0.4, 0.5) is 0 Å². The fraction of sp³-hybridized carbons (Fsp3) is 0.200.